The summed E-state index contributed by atoms with van der Waals surface area (Å²) < 4.78 is 18.7. The zero-order valence-corrected chi connectivity index (χ0v) is 11.4. The molecule has 2 aromatic rings. The number of hydrogen-bond acceptors (Lipinski definition) is 5. The van der Waals surface area contributed by atoms with Crippen molar-refractivity contribution in [2.24, 2.45) is 0 Å². The Kier molecular flexibility index (Phi) is 3.34. The summed E-state index contributed by atoms with van der Waals surface area (Å²) in [5, 5.41) is 16.4. The van der Waals surface area contributed by atoms with Gasteiger partial charge < -0.3 is 14.9 Å². The van der Waals surface area contributed by atoms with E-state index in [1.54, 1.807) is 12.1 Å². The van der Waals surface area contributed by atoms with E-state index in [9.17, 15) is 9.50 Å². The summed E-state index contributed by atoms with van der Waals surface area (Å²) in [4.78, 5) is 4.27. The van der Waals surface area contributed by atoms with E-state index in [2.05, 4.69) is 31.4 Å². The van der Waals surface area contributed by atoms with E-state index in [1.165, 1.54) is 6.07 Å². The lowest BCUT2D eigenvalue weighted by atomic mass is 10.2. The molecular formula is C12H11BrFN3O2. The van der Waals surface area contributed by atoms with Crippen LogP contribution in [-0.4, -0.2) is 27.9 Å². The Morgan fingerprint density at radius 2 is 2.32 bits per heavy atom. The van der Waals surface area contributed by atoms with Gasteiger partial charge in [0.1, 0.15) is 5.82 Å². The molecule has 1 aliphatic heterocycles. The van der Waals surface area contributed by atoms with Crippen LogP contribution in [0.25, 0.3) is 11.4 Å². The van der Waals surface area contributed by atoms with Crippen LogP contribution in [0.4, 0.5) is 4.39 Å². The lowest BCUT2D eigenvalue weighted by Crippen LogP contribution is -2.15. The fourth-order valence-electron chi connectivity index (χ4n) is 2.03. The molecule has 0 aliphatic carbocycles. The number of nitrogens with zero attached hydrogens (tertiary/aromatic N) is 2. The summed E-state index contributed by atoms with van der Waals surface area (Å²) in [5.74, 6) is 0.499. The van der Waals surface area contributed by atoms with Crippen LogP contribution in [0.3, 0.4) is 0 Å². The van der Waals surface area contributed by atoms with E-state index < -0.39 is 0 Å². The minimum atomic E-state index is -0.389. The molecule has 2 atom stereocenters. The topological polar surface area (TPSA) is 71.2 Å². The van der Waals surface area contributed by atoms with Gasteiger partial charge in [0, 0.05) is 12.1 Å². The summed E-state index contributed by atoms with van der Waals surface area (Å²) in [6.45, 7) is 0.518. The molecule has 0 radical (unpaired) electrons. The number of nitrogens with one attached hydrogen (secondary N) is 1. The average Bonchev–Trinajstić information content (AvgIpc) is 3.01. The van der Waals surface area contributed by atoms with Gasteiger partial charge >= 0.3 is 0 Å². The molecule has 1 aromatic carbocycles. The minimum absolute atomic E-state index is 0.125. The highest BCUT2D eigenvalue weighted by atomic mass is 79.9. The standard InChI is InChI=1S/C12H11BrFN3O2/c13-8-3-6(1-2-9(8)14)11-16-12(19-17-11)10-4-7(18)5-15-10/h1-3,7,10,15,18H,4-5H2/t7-,10-/m1/s1. The summed E-state index contributed by atoms with van der Waals surface area (Å²) in [6.07, 6.45) is 0.162. The van der Waals surface area contributed by atoms with Crippen molar-refractivity contribution in [1.82, 2.24) is 15.5 Å². The van der Waals surface area contributed by atoms with Gasteiger partial charge in [0.15, 0.2) is 0 Å². The SMILES string of the molecule is O[C@H]1CN[C@@H](c2nc(-c3ccc(F)c(Br)c3)no2)C1. The molecule has 1 saturated heterocycles. The zero-order chi connectivity index (χ0) is 13.4. The molecule has 0 saturated carbocycles. The summed E-state index contributed by atoms with van der Waals surface area (Å²) in [7, 11) is 0. The molecule has 0 spiro atoms. The van der Waals surface area contributed by atoms with Crippen LogP contribution in [0.15, 0.2) is 27.2 Å². The highest BCUT2D eigenvalue weighted by molar-refractivity contribution is 9.10. The van der Waals surface area contributed by atoms with Crippen LogP contribution in [0.2, 0.25) is 0 Å². The van der Waals surface area contributed by atoms with Crippen molar-refractivity contribution < 1.29 is 14.0 Å². The van der Waals surface area contributed by atoms with Gasteiger partial charge in [-0.15, -0.1) is 0 Å². The zero-order valence-electron chi connectivity index (χ0n) is 9.81. The van der Waals surface area contributed by atoms with Crippen LogP contribution in [0.1, 0.15) is 18.4 Å². The number of rotatable bonds is 2. The van der Waals surface area contributed by atoms with Crippen molar-refractivity contribution in [1.29, 1.82) is 0 Å². The van der Waals surface area contributed by atoms with Gasteiger partial charge in [-0.05, 0) is 40.5 Å². The van der Waals surface area contributed by atoms with Crippen LogP contribution in [0.5, 0.6) is 0 Å². The first kappa shape index (κ1) is 12.7. The highest BCUT2D eigenvalue weighted by Crippen LogP contribution is 2.26. The third-order valence-corrected chi connectivity index (χ3v) is 3.63. The van der Waals surface area contributed by atoms with Crippen molar-refractivity contribution in [3.63, 3.8) is 0 Å². The van der Waals surface area contributed by atoms with Gasteiger partial charge in [0.05, 0.1) is 16.6 Å². The largest absolute Gasteiger partial charge is 0.392 e. The quantitative estimate of drug-likeness (QED) is 0.883. The monoisotopic (exact) mass is 327 g/mol. The fourth-order valence-corrected chi connectivity index (χ4v) is 2.41. The molecule has 100 valence electrons. The Bertz CT molecular complexity index is 604. The average molecular weight is 328 g/mol. The summed E-state index contributed by atoms with van der Waals surface area (Å²) in [5.41, 5.74) is 0.668. The molecule has 0 bridgehead atoms. The van der Waals surface area contributed by atoms with Gasteiger partial charge in [-0.2, -0.15) is 4.98 Å². The van der Waals surface area contributed by atoms with Crippen molar-refractivity contribution >= 4 is 15.9 Å². The second kappa shape index (κ2) is 4.99. The third-order valence-electron chi connectivity index (χ3n) is 3.03. The van der Waals surface area contributed by atoms with E-state index in [-0.39, 0.29) is 18.0 Å². The number of hydrogen-bond donors (Lipinski definition) is 2. The molecule has 1 aromatic heterocycles. The Morgan fingerprint density at radius 1 is 1.47 bits per heavy atom. The molecule has 2 N–H and O–H groups in total. The van der Waals surface area contributed by atoms with E-state index in [0.717, 1.165) is 0 Å². The number of β-amino-alcohol motifs (C(OH)–C–C–N with tert-alkyl or cyclic N) is 1. The molecule has 1 aliphatic rings. The Hall–Kier alpha value is -1.31. The molecule has 0 amide bonds. The number of halogens is 2. The molecule has 1 fully saturated rings. The number of benzene rings is 1. The van der Waals surface area contributed by atoms with Gasteiger partial charge in [-0.25, -0.2) is 4.39 Å². The molecule has 3 rings (SSSR count). The van der Waals surface area contributed by atoms with E-state index in [0.29, 0.717) is 34.7 Å². The maximum absolute atomic E-state index is 13.2. The lowest BCUT2D eigenvalue weighted by Gasteiger charge is -2.01. The first-order valence-corrected chi connectivity index (χ1v) is 6.63. The third kappa shape index (κ3) is 2.54. The Balaban J connectivity index is 1.86. The maximum Gasteiger partial charge on any atom is 0.244 e. The van der Waals surface area contributed by atoms with Gasteiger partial charge in [0.25, 0.3) is 0 Å². The lowest BCUT2D eigenvalue weighted by molar-refractivity contribution is 0.191. The molecular weight excluding hydrogens is 317 g/mol. The van der Waals surface area contributed by atoms with E-state index >= 15 is 0 Å². The highest BCUT2D eigenvalue weighted by Gasteiger charge is 2.28. The van der Waals surface area contributed by atoms with Crippen LogP contribution in [-0.2, 0) is 0 Å². The minimum Gasteiger partial charge on any atom is -0.392 e. The van der Waals surface area contributed by atoms with Gasteiger partial charge in [0.2, 0.25) is 11.7 Å². The van der Waals surface area contributed by atoms with Crippen molar-refractivity contribution in [3.05, 3.63) is 34.4 Å². The maximum atomic E-state index is 13.2. The van der Waals surface area contributed by atoms with Crippen molar-refractivity contribution in [2.45, 2.75) is 18.6 Å². The molecule has 5 nitrogen and oxygen atoms in total. The number of aromatic nitrogens is 2. The van der Waals surface area contributed by atoms with Crippen molar-refractivity contribution in [3.8, 4) is 11.4 Å². The van der Waals surface area contributed by atoms with E-state index in [1.807, 2.05) is 0 Å². The summed E-state index contributed by atoms with van der Waals surface area (Å²) >= 11 is 3.12. The normalized spacial score (nSPS) is 22.9. The van der Waals surface area contributed by atoms with Crippen LogP contribution >= 0.6 is 15.9 Å². The number of aliphatic hydroxyl groups is 1. The molecule has 2 heterocycles. The predicted molar refractivity (Wildman–Crippen MR) is 68.8 cm³/mol. The first-order valence-electron chi connectivity index (χ1n) is 5.84. The number of aliphatic hydroxyl groups excluding tert-OH is 1. The Morgan fingerprint density at radius 3 is 3.00 bits per heavy atom. The van der Waals surface area contributed by atoms with Crippen LogP contribution < -0.4 is 5.32 Å². The second-order valence-corrected chi connectivity index (χ2v) is 5.29. The molecule has 0 unspecified atom stereocenters. The van der Waals surface area contributed by atoms with E-state index in [4.69, 9.17) is 4.52 Å². The summed E-state index contributed by atoms with van der Waals surface area (Å²) in [6, 6.07) is 4.40. The molecule has 7 heteroatoms. The van der Waals surface area contributed by atoms with Crippen LogP contribution in [0, 0.1) is 5.82 Å². The fraction of sp³-hybridized carbons (Fsp3) is 0.333. The van der Waals surface area contributed by atoms with Gasteiger partial charge in [-0.3, -0.25) is 0 Å². The van der Waals surface area contributed by atoms with Gasteiger partial charge in [-0.1, -0.05) is 5.16 Å². The molecule has 19 heavy (non-hydrogen) atoms. The smallest absolute Gasteiger partial charge is 0.244 e. The predicted octanol–water partition coefficient (Wildman–Crippen LogP) is 2.03. The first-order chi connectivity index (χ1) is 9.13. The Labute approximate surface area is 117 Å². The van der Waals surface area contributed by atoms with Crippen molar-refractivity contribution in [2.75, 3.05) is 6.54 Å². The second-order valence-electron chi connectivity index (χ2n) is 4.44.